The Kier molecular flexibility index (Phi) is 4.56. The molecule has 0 aliphatic carbocycles. The quantitative estimate of drug-likeness (QED) is 0.558. The average Bonchev–Trinajstić information content (AvgIpc) is 2.97. The van der Waals surface area contributed by atoms with Crippen LogP contribution in [0.5, 0.6) is 5.75 Å². The molecule has 1 aromatic heterocycles. The minimum absolute atomic E-state index is 0.180. The molecular weight excluding hydrogens is 306 g/mol. The lowest BCUT2D eigenvalue weighted by atomic mass is 10.2. The zero-order valence-corrected chi connectivity index (χ0v) is 13.2. The molecule has 3 rings (SSSR count). The number of rotatable bonds is 5. The number of esters is 1. The highest BCUT2D eigenvalue weighted by Crippen LogP contribution is 2.13. The third kappa shape index (κ3) is 3.78. The normalized spacial score (nSPS) is 10.5. The van der Waals surface area contributed by atoms with Gasteiger partial charge in [-0.05, 0) is 36.4 Å². The lowest BCUT2D eigenvalue weighted by Crippen LogP contribution is -2.25. The van der Waals surface area contributed by atoms with Crippen LogP contribution in [0.25, 0.3) is 11.0 Å². The molecule has 6 heteroatoms. The molecule has 1 amide bonds. The minimum atomic E-state index is -0.391. The number of imidazole rings is 1. The number of hydrogen-bond donors (Lipinski definition) is 2. The van der Waals surface area contributed by atoms with Crippen molar-refractivity contribution in [3.8, 4) is 5.75 Å². The summed E-state index contributed by atoms with van der Waals surface area (Å²) in [7, 11) is 0. The molecule has 24 heavy (non-hydrogen) atoms. The van der Waals surface area contributed by atoms with Gasteiger partial charge < -0.3 is 15.0 Å². The van der Waals surface area contributed by atoms with E-state index in [2.05, 4.69) is 15.3 Å². The van der Waals surface area contributed by atoms with E-state index in [4.69, 9.17) is 4.74 Å². The Morgan fingerprint density at radius 1 is 1.12 bits per heavy atom. The van der Waals surface area contributed by atoms with E-state index >= 15 is 0 Å². The second-order valence-corrected chi connectivity index (χ2v) is 5.32. The van der Waals surface area contributed by atoms with Crippen LogP contribution in [0.15, 0.2) is 48.5 Å². The molecule has 3 aromatic rings. The number of amides is 1. The molecule has 0 fully saturated rings. The van der Waals surface area contributed by atoms with Gasteiger partial charge >= 0.3 is 5.97 Å². The fourth-order valence-corrected chi connectivity index (χ4v) is 2.36. The smallest absolute Gasteiger partial charge is 0.308 e. The summed E-state index contributed by atoms with van der Waals surface area (Å²) < 4.78 is 4.93. The van der Waals surface area contributed by atoms with Crippen LogP contribution in [0.2, 0.25) is 0 Å². The molecule has 0 radical (unpaired) electrons. The molecular formula is C18H17N3O3. The van der Waals surface area contributed by atoms with Crippen molar-refractivity contribution in [3.63, 3.8) is 0 Å². The number of nitrogens with one attached hydrogen (secondary N) is 2. The van der Waals surface area contributed by atoms with E-state index in [1.54, 1.807) is 24.3 Å². The summed E-state index contributed by atoms with van der Waals surface area (Å²) >= 11 is 0. The van der Waals surface area contributed by atoms with Crippen molar-refractivity contribution in [1.82, 2.24) is 15.3 Å². The third-order valence-corrected chi connectivity index (χ3v) is 3.46. The standard InChI is InChI=1S/C18H17N3O3/c1-12(22)24-14-8-6-13(7-9-14)18(23)19-11-10-17-20-15-4-2-3-5-16(15)21-17/h2-9H,10-11H2,1H3,(H,19,23)(H,20,21). The van der Waals surface area contributed by atoms with Crippen molar-refractivity contribution in [2.45, 2.75) is 13.3 Å². The summed E-state index contributed by atoms with van der Waals surface area (Å²) in [6.07, 6.45) is 0.617. The van der Waals surface area contributed by atoms with Gasteiger partial charge in [-0.2, -0.15) is 0 Å². The topological polar surface area (TPSA) is 84.1 Å². The Labute approximate surface area is 138 Å². The van der Waals surface area contributed by atoms with Gasteiger partial charge in [-0.15, -0.1) is 0 Å². The highest BCUT2D eigenvalue weighted by Gasteiger charge is 2.07. The largest absolute Gasteiger partial charge is 0.427 e. The van der Waals surface area contributed by atoms with E-state index < -0.39 is 5.97 Å². The highest BCUT2D eigenvalue weighted by molar-refractivity contribution is 5.94. The van der Waals surface area contributed by atoms with Gasteiger partial charge in [-0.25, -0.2) is 4.98 Å². The molecule has 122 valence electrons. The first kappa shape index (κ1) is 15.7. The Morgan fingerprint density at radius 2 is 1.88 bits per heavy atom. The number of hydrogen-bond acceptors (Lipinski definition) is 4. The summed E-state index contributed by atoms with van der Waals surface area (Å²) in [5, 5.41) is 2.85. The van der Waals surface area contributed by atoms with Crippen molar-refractivity contribution in [2.75, 3.05) is 6.54 Å². The van der Waals surface area contributed by atoms with Crippen molar-refractivity contribution in [2.24, 2.45) is 0 Å². The summed E-state index contributed by atoms with van der Waals surface area (Å²) in [4.78, 5) is 30.6. The van der Waals surface area contributed by atoms with Gasteiger partial charge in [0, 0.05) is 25.5 Å². The number of para-hydroxylation sites is 2. The van der Waals surface area contributed by atoms with Crippen molar-refractivity contribution >= 4 is 22.9 Å². The number of carbonyl (C=O) groups excluding carboxylic acids is 2. The predicted octanol–water partition coefficient (Wildman–Crippen LogP) is 2.46. The summed E-state index contributed by atoms with van der Waals surface area (Å²) in [5.74, 6) is 0.682. The highest BCUT2D eigenvalue weighted by atomic mass is 16.5. The second-order valence-electron chi connectivity index (χ2n) is 5.32. The first-order valence-corrected chi connectivity index (χ1v) is 7.62. The molecule has 0 aliphatic heterocycles. The first-order chi connectivity index (χ1) is 11.6. The van der Waals surface area contributed by atoms with Crippen LogP contribution >= 0.6 is 0 Å². The Hall–Kier alpha value is -3.15. The number of carbonyl (C=O) groups is 2. The lowest BCUT2D eigenvalue weighted by Gasteiger charge is -2.05. The number of aromatic amines is 1. The number of benzene rings is 2. The Bertz CT molecular complexity index is 836. The summed E-state index contributed by atoms with van der Waals surface area (Å²) in [6.45, 7) is 1.81. The maximum Gasteiger partial charge on any atom is 0.308 e. The van der Waals surface area contributed by atoms with Crippen LogP contribution in [0.3, 0.4) is 0 Å². The summed E-state index contributed by atoms with van der Waals surface area (Å²) in [6, 6.07) is 14.2. The van der Waals surface area contributed by atoms with Crippen LogP contribution in [-0.4, -0.2) is 28.4 Å². The van der Waals surface area contributed by atoms with Crippen molar-refractivity contribution in [3.05, 3.63) is 59.9 Å². The SMILES string of the molecule is CC(=O)Oc1ccc(C(=O)NCCc2nc3ccccc3[nH]2)cc1. The van der Waals surface area contributed by atoms with Gasteiger partial charge in [0.25, 0.3) is 5.91 Å². The maximum atomic E-state index is 12.1. The zero-order valence-electron chi connectivity index (χ0n) is 13.2. The third-order valence-electron chi connectivity index (χ3n) is 3.46. The number of nitrogens with zero attached hydrogens (tertiary/aromatic N) is 1. The number of ether oxygens (including phenoxy) is 1. The van der Waals surface area contributed by atoms with Crippen molar-refractivity contribution < 1.29 is 14.3 Å². The molecule has 0 spiro atoms. The van der Waals surface area contributed by atoms with E-state index in [-0.39, 0.29) is 5.91 Å². The van der Waals surface area contributed by atoms with Crippen LogP contribution < -0.4 is 10.1 Å². The van der Waals surface area contributed by atoms with Gasteiger partial charge in [0.2, 0.25) is 0 Å². The molecule has 1 heterocycles. The van der Waals surface area contributed by atoms with E-state index in [1.165, 1.54) is 6.92 Å². The molecule has 0 unspecified atom stereocenters. The van der Waals surface area contributed by atoms with Crippen LogP contribution in [0.1, 0.15) is 23.1 Å². The first-order valence-electron chi connectivity index (χ1n) is 7.62. The van der Waals surface area contributed by atoms with Gasteiger partial charge in [-0.3, -0.25) is 9.59 Å². The fraction of sp³-hybridized carbons (Fsp3) is 0.167. The van der Waals surface area contributed by atoms with Gasteiger partial charge in [-0.1, -0.05) is 12.1 Å². The van der Waals surface area contributed by atoms with E-state index in [1.807, 2.05) is 24.3 Å². The predicted molar refractivity (Wildman–Crippen MR) is 89.9 cm³/mol. The van der Waals surface area contributed by atoms with Gasteiger partial charge in [0.1, 0.15) is 11.6 Å². The van der Waals surface area contributed by atoms with E-state index in [0.717, 1.165) is 16.9 Å². The molecule has 0 saturated carbocycles. The molecule has 0 atom stereocenters. The Balaban J connectivity index is 1.54. The number of H-pyrrole nitrogens is 1. The van der Waals surface area contributed by atoms with Gasteiger partial charge in [0.15, 0.2) is 0 Å². The van der Waals surface area contributed by atoms with E-state index in [0.29, 0.717) is 24.3 Å². The van der Waals surface area contributed by atoms with Crippen LogP contribution in [0.4, 0.5) is 0 Å². The fourth-order valence-electron chi connectivity index (χ4n) is 2.36. The maximum absolute atomic E-state index is 12.1. The second kappa shape index (κ2) is 6.95. The molecule has 2 aromatic carbocycles. The minimum Gasteiger partial charge on any atom is -0.427 e. The average molecular weight is 323 g/mol. The number of fused-ring (bicyclic) bond motifs is 1. The molecule has 0 saturated heterocycles. The Morgan fingerprint density at radius 3 is 2.58 bits per heavy atom. The monoisotopic (exact) mass is 323 g/mol. The summed E-state index contributed by atoms with van der Waals surface area (Å²) in [5.41, 5.74) is 2.41. The van der Waals surface area contributed by atoms with Gasteiger partial charge in [0.05, 0.1) is 11.0 Å². The van der Waals surface area contributed by atoms with E-state index in [9.17, 15) is 9.59 Å². The number of aromatic nitrogens is 2. The molecule has 6 nitrogen and oxygen atoms in total. The molecule has 0 bridgehead atoms. The van der Waals surface area contributed by atoms with Crippen LogP contribution in [0, 0.1) is 0 Å². The lowest BCUT2D eigenvalue weighted by molar-refractivity contribution is -0.131. The van der Waals surface area contributed by atoms with Crippen molar-refractivity contribution in [1.29, 1.82) is 0 Å². The molecule has 2 N–H and O–H groups in total. The molecule has 0 aliphatic rings. The van der Waals surface area contributed by atoms with Crippen LogP contribution in [-0.2, 0) is 11.2 Å². The zero-order chi connectivity index (χ0) is 16.9.